The third-order valence-corrected chi connectivity index (χ3v) is 5.18. The fourth-order valence-corrected chi connectivity index (χ4v) is 3.91. The van der Waals surface area contributed by atoms with E-state index in [2.05, 4.69) is 11.9 Å². The Bertz CT molecular complexity index is 402. The Morgan fingerprint density at radius 3 is 2.77 bits per heavy atom. The van der Waals surface area contributed by atoms with E-state index in [9.17, 15) is 9.90 Å². The summed E-state index contributed by atoms with van der Waals surface area (Å²) in [6, 6.07) is -0.581. The largest absolute Gasteiger partial charge is 0.480 e. The fourth-order valence-electron chi connectivity index (χ4n) is 3.91. The van der Waals surface area contributed by atoms with Crippen molar-refractivity contribution in [2.24, 2.45) is 23.2 Å². The molecule has 0 saturated heterocycles. The fraction of sp³-hybridized carbons (Fsp3) is 0.833. The summed E-state index contributed by atoms with van der Waals surface area (Å²) in [5, 5.41) is 12.4. The molecule has 126 valence electrons. The minimum atomic E-state index is -0.812. The maximum Gasteiger partial charge on any atom is 0.321 e. The van der Waals surface area contributed by atoms with E-state index in [0.717, 1.165) is 24.7 Å². The third kappa shape index (κ3) is 4.32. The van der Waals surface area contributed by atoms with Gasteiger partial charge in [0.2, 0.25) is 0 Å². The van der Waals surface area contributed by atoms with Crippen LogP contribution in [0.1, 0.15) is 52.9 Å². The predicted molar refractivity (Wildman–Crippen MR) is 87.5 cm³/mol. The molecule has 0 heterocycles. The minimum Gasteiger partial charge on any atom is -0.480 e. The molecule has 2 fully saturated rings. The summed E-state index contributed by atoms with van der Waals surface area (Å²) in [6.07, 6.45) is 8.27. The molecule has 0 unspecified atom stereocenters. The molecule has 0 spiro atoms. The molecule has 2 saturated carbocycles. The van der Waals surface area contributed by atoms with Crippen molar-refractivity contribution in [3.8, 4) is 0 Å². The molecule has 2 N–H and O–H groups in total. The second-order valence-corrected chi connectivity index (χ2v) is 7.97. The first-order valence-corrected chi connectivity index (χ1v) is 8.53. The van der Waals surface area contributed by atoms with Crippen LogP contribution in [-0.4, -0.2) is 30.0 Å². The molecule has 0 aromatic carbocycles. The smallest absolute Gasteiger partial charge is 0.321 e. The topological polar surface area (TPSA) is 58.6 Å². The van der Waals surface area contributed by atoms with Crippen molar-refractivity contribution >= 4 is 5.97 Å². The Balaban J connectivity index is 1.78. The number of ether oxygens (including phenoxy) is 1. The monoisotopic (exact) mass is 309 g/mol. The molecule has 0 amide bonds. The standard InChI is InChI=1S/C18H31NO3/c1-5-6-7-8-13-14-9-12(14)10-15(13)22-11-19-16(17(20)21)18(2,3)4/h5,12-16,19H,1,6-11H2,2-4H3,(H,20,21)/t12-,13+,14-,15+,16-/m1/s1. The van der Waals surface area contributed by atoms with Crippen molar-refractivity contribution < 1.29 is 14.6 Å². The second kappa shape index (κ2) is 7.14. The van der Waals surface area contributed by atoms with Crippen LogP contribution in [0, 0.1) is 23.2 Å². The van der Waals surface area contributed by atoms with E-state index in [1.807, 2.05) is 26.8 Å². The van der Waals surface area contributed by atoms with Gasteiger partial charge >= 0.3 is 5.97 Å². The maximum absolute atomic E-state index is 11.3. The van der Waals surface area contributed by atoms with Crippen molar-refractivity contribution in [1.82, 2.24) is 5.32 Å². The summed E-state index contributed by atoms with van der Waals surface area (Å²) in [6.45, 7) is 9.91. The van der Waals surface area contributed by atoms with Gasteiger partial charge in [-0.05, 0) is 55.3 Å². The van der Waals surface area contributed by atoms with Gasteiger partial charge < -0.3 is 9.84 Å². The Hall–Kier alpha value is -0.870. The number of hydrogen-bond acceptors (Lipinski definition) is 3. The average molecular weight is 309 g/mol. The van der Waals surface area contributed by atoms with Crippen LogP contribution in [0.2, 0.25) is 0 Å². The first kappa shape index (κ1) is 17.5. The van der Waals surface area contributed by atoms with Gasteiger partial charge in [0.05, 0.1) is 12.8 Å². The zero-order valence-electron chi connectivity index (χ0n) is 14.2. The number of aliphatic carboxylic acids is 1. The lowest BCUT2D eigenvalue weighted by Gasteiger charge is -2.29. The summed E-state index contributed by atoms with van der Waals surface area (Å²) < 4.78 is 6.02. The molecular weight excluding hydrogens is 278 g/mol. The van der Waals surface area contributed by atoms with E-state index < -0.39 is 12.0 Å². The molecule has 0 aliphatic heterocycles. The van der Waals surface area contributed by atoms with Crippen molar-refractivity contribution in [3.63, 3.8) is 0 Å². The highest BCUT2D eigenvalue weighted by Gasteiger charge is 2.53. The number of rotatable bonds is 9. The predicted octanol–water partition coefficient (Wildman–Crippen LogP) is 3.43. The molecule has 2 rings (SSSR count). The molecule has 5 atom stereocenters. The number of carbonyl (C=O) groups is 1. The van der Waals surface area contributed by atoms with Crippen molar-refractivity contribution in [1.29, 1.82) is 0 Å². The summed E-state index contributed by atoms with van der Waals surface area (Å²) in [4.78, 5) is 11.3. The molecule has 0 aromatic rings. The molecule has 22 heavy (non-hydrogen) atoms. The van der Waals surface area contributed by atoms with E-state index in [-0.39, 0.29) is 5.41 Å². The SMILES string of the molecule is C=CCCC[C@H]1[C@@H]2C[C@@H]2C[C@@H]1OCN[C@H](C(=O)O)C(C)(C)C. The number of hydrogen-bond donors (Lipinski definition) is 2. The first-order valence-electron chi connectivity index (χ1n) is 8.53. The third-order valence-electron chi connectivity index (χ3n) is 5.18. The van der Waals surface area contributed by atoms with Gasteiger partial charge in [0.1, 0.15) is 6.04 Å². The Labute approximate surface area is 134 Å². The highest BCUT2D eigenvalue weighted by atomic mass is 16.5. The number of allylic oxidation sites excluding steroid dienone is 1. The number of carboxylic acid groups (broad SMARTS) is 1. The number of fused-ring (bicyclic) bond motifs is 1. The van der Waals surface area contributed by atoms with Gasteiger partial charge in [-0.1, -0.05) is 26.8 Å². The summed E-state index contributed by atoms with van der Waals surface area (Å²) >= 11 is 0. The average Bonchev–Trinajstić information content (AvgIpc) is 3.09. The van der Waals surface area contributed by atoms with Crippen molar-refractivity contribution in [2.45, 2.75) is 65.0 Å². The first-order chi connectivity index (χ1) is 10.3. The normalized spacial score (nSPS) is 31.6. The highest BCUT2D eigenvalue weighted by Crippen LogP contribution is 2.57. The second-order valence-electron chi connectivity index (χ2n) is 7.97. The van der Waals surface area contributed by atoms with Crippen LogP contribution in [0.5, 0.6) is 0 Å². The van der Waals surface area contributed by atoms with E-state index in [1.54, 1.807) is 0 Å². The van der Waals surface area contributed by atoms with Crippen LogP contribution >= 0.6 is 0 Å². The van der Waals surface area contributed by atoms with Gasteiger partial charge in [0, 0.05) is 0 Å². The van der Waals surface area contributed by atoms with Crippen LogP contribution in [0.15, 0.2) is 12.7 Å². The van der Waals surface area contributed by atoms with Crippen LogP contribution in [0.3, 0.4) is 0 Å². The molecule has 0 aromatic heterocycles. The van der Waals surface area contributed by atoms with Gasteiger partial charge in [0.25, 0.3) is 0 Å². The van der Waals surface area contributed by atoms with E-state index >= 15 is 0 Å². The van der Waals surface area contributed by atoms with E-state index in [0.29, 0.717) is 18.8 Å². The Morgan fingerprint density at radius 1 is 1.45 bits per heavy atom. The van der Waals surface area contributed by atoms with Crippen LogP contribution < -0.4 is 5.32 Å². The lowest BCUT2D eigenvalue weighted by Crippen LogP contribution is -2.47. The molecular formula is C18H31NO3. The Kier molecular flexibility index (Phi) is 5.67. The molecule has 2 aliphatic rings. The lowest BCUT2D eigenvalue weighted by molar-refractivity contribution is -0.143. The van der Waals surface area contributed by atoms with Crippen LogP contribution in [0.4, 0.5) is 0 Å². The quantitative estimate of drug-likeness (QED) is 0.389. The van der Waals surface area contributed by atoms with Crippen LogP contribution in [0.25, 0.3) is 0 Å². The highest BCUT2D eigenvalue weighted by molar-refractivity contribution is 5.74. The van der Waals surface area contributed by atoms with Gasteiger partial charge in [-0.3, -0.25) is 10.1 Å². The van der Waals surface area contributed by atoms with Crippen molar-refractivity contribution in [2.75, 3.05) is 6.73 Å². The van der Waals surface area contributed by atoms with Crippen molar-refractivity contribution in [3.05, 3.63) is 12.7 Å². The van der Waals surface area contributed by atoms with Crippen LogP contribution in [-0.2, 0) is 9.53 Å². The van der Waals surface area contributed by atoms with Gasteiger partial charge in [-0.25, -0.2) is 0 Å². The zero-order valence-corrected chi connectivity index (χ0v) is 14.2. The minimum absolute atomic E-state index is 0.301. The van der Waals surface area contributed by atoms with Gasteiger partial charge in [-0.2, -0.15) is 0 Å². The molecule has 0 radical (unpaired) electrons. The number of carboxylic acids is 1. The van der Waals surface area contributed by atoms with Gasteiger partial charge in [-0.15, -0.1) is 6.58 Å². The molecule has 4 nitrogen and oxygen atoms in total. The summed E-state index contributed by atoms with van der Waals surface area (Å²) in [5.41, 5.74) is -0.323. The maximum atomic E-state index is 11.3. The number of unbranched alkanes of at least 4 members (excludes halogenated alkanes) is 1. The van der Waals surface area contributed by atoms with E-state index in [1.165, 1.54) is 19.3 Å². The summed E-state index contributed by atoms with van der Waals surface area (Å²) in [7, 11) is 0. The summed E-state index contributed by atoms with van der Waals surface area (Å²) in [5.74, 6) is 1.56. The van der Waals surface area contributed by atoms with Gasteiger partial charge in [0.15, 0.2) is 0 Å². The molecule has 4 heteroatoms. The Morgan fingerprint density at radius 2 is 2.18 bits per heavy atom. The lowest BCUT2D eigenvalue weighted by atomic mass is 9.87. The van der Waals surface area contributed by atoms with E-state index in [4.69, 9.17) is 4.74 Å². The number of nitrogens with one attached hydrogen (secondary N) is 1. The molecule has 2 aliphatic carbocycles. The zero-order chi connectivity index (χ0) is 16.3. The molecule has 0 bridgehead atoms.